The minimum Gasteiger partial charge on any atom is -0.466 e. The van der Waals surface area contributed by atoms with Crippen LogP contribution in [0.25, 0.3) is 0 Å². The summed E-state index contributed by atoms with van der Waals surface area (Å²) in [5.74, 6) is 0.00884. The molecule has 0 N–H and O–H groups in total. The molecule has 3 heteroatoms. The van der Waals surface area contributed by atoms with Crippen LogP contribution in [0.1, 0.15) is 63.4 Å². The monoisotopic (exact) mass is 314 g/mol. The number of carbonyl (C=O) groups is 2. The molecule has 0 amide bonds. The average molecular weight is 314 g/mol. The third-order valence-electron chi connectivity index (χ3n) is 4.33. The molecule has 0 spiro atoms. The van der Waals surface area contributed by atoms with Crippen molar-refractivity contribution in [1.82, 2.24) is 0 Å². The predicted octanol–water partition coefficient (Wildman–Crippen LogP) is 4.57. The minimum atomic E-state index is -0.177. The van der Waals surface area contributed by atoms with E-state index in [9.17, 15) is 9.59 Å². The highest BCUT2D eigenvalue weighted by molar-refractivity contribution is 5.97. The van der Waals surface area contributed by atoms with Gasteiger partial charge in [0.05, 0.1) is 12.5 Å². The van der Waals surface area contributed by atoms with E-state index >= 15 is 0 Å². The lowest BCUT2D eigenvalue weighted by atomic mass is 9.92. The maximum Gasteiger partial charge on any atom is 0.313 e. The summed E-state index contributed by atoms with van der Waals surface area (Å²) in [6, 6.07) is 9.85. The number of carbonyl (C=O) groups excluding carboxylic acids is 2. The van der Waals surface area contributed by atoms with Gasteiger partial charge in [-0.3, -0.25) is 9.59 Å². The fourth-order valence-electron chi connectivity index (χ4n) is 3.08. The fraction of sp³-hybridized carbons (Fsp3) is 0.500. The molecule has 124 valence electrons. The first-order chi connectivity index (χ1) is 11.2. The van der Waals surface area contributed by atoms with Crippen molar-refractivity contribution in [2.75, 3.05) is 6.61 Å². The molecule has 0 saturated carbocycles. The number of rotatable bonds is 9. The van der Waals surface area contributed by atoms with Crippen LogP contribution >= 0.6 is 0 Å². The number of allylic oxidation sites excluding steroid dienone is 2. The third-order valence-corrected chi connectivity index (χ3v) is 4.33. The molecule has 23 heavy (non-hydrogen) atoms. The van der Waals surface area contributed by atoms with Gasteiger partial charge in [-0.1, -0.05) is 49.2 Å². The summed E-state index contributed by atoms with van der Waals surface area (Å²) in [5, 5.41) is 0. The highest BCUT2D eigenvalue weighted by atomic mass is 16.5. The summed E-state index contributed by atoms with van der Waals surface area (Å²) in [7, 11) is 0. The van der Waals surface area contributed by atoms with E-state index in [1.54, 1.807) is 0 Å². The fourth-order valence-corrected chi connectivity index (χ4v) is 3.08. The Morgan fingerprint density at radius 3 is 2.61 bits per heavy atom. The van der Waals surface area contributed by atoms with Crippen molar-refractivity contribution in [1.29, 1.82) is 0 Å². The standard InChI is InChI=1S/C20H26O3/c1-2-23-20(22)18(16-10-5-3-6-11-16)14-8-4-7-12-17-13-9-15-19(17)21/h3,5-6,10-11,13,18H,2,4,7-9,12,14-15H2,1H3/t18-/m0/s1. The van der Waals surface area contributed by atoms with Crippen LogP contribution in [-0.4, -0.2) is 18.4 Å². The normalized spacial score (nSPS) is 15.3. The highest BCUT2D eigenvalue weighted by Crippen LogP contribution is 2.25. The van der Waals surface area contributed by atoms with Crippen molar-refractivity contribution in [3.8, 4) is 0 Å². The van der Waals surface area contributed by atoms with E-state index in [2.05, 4.69) is 6.08 Å². The Labute approximate surface area is 138 Å². The first-order valence-corrected chi connectivity index (χ1v) is 8.66. The largest absolute Gasteiger partial charge is 0.466 e. The van der Waals surface area contributed by atoms with Crippen LogP contribution in [0.5, 0.6) is 0 Å². The molecule has 0 radical (unpaired) electrons. The Kier molecular flexibility index (Phi) is 7.05. The second kappa shape index (κ2) is 9.29. The van der Waals surface area contributed by atoms with Gasteiger partial charge >= 0.3 is 5.97 Å². The Hall–Kier alpha value is -1.90. The molecule has 1 atom stereocenters. The Bertz CT molecular complexity index is 545. The molecular weight excluding hydrogens is 288 g/mol. The topological polar surface area (TPSA) is 43.4 Å². The summed E-state index contributed by atoms with van der Waals surface area (Å²) in [5.41, 5.74) is 2.04. The van der Waals surface area contributed by atoms with Gasteiger partial charge in [-0.15, -0.1) is 0 Å². The van der Waals surface area contributed by atoms with Gasteiger partial charge in [-0.2, -0.15) is 0 Å². The first kappa shape index (κ1) is 17.5. The zero-order chi connectivity index (χ0) is 16.5. The molecule has 0 heterocycles. The van der Waals surface area contributed by atoms with E-state index in [0.717, 1.165) is 49.7 Å². The molecule has 1 aromatic carbocycles. The lowest BCUT2D eigenvalue weighted by molar-refractivity contribution is -0.145. The summed E-state index contributed by atoms with van der Waals surface area (Å²) < 4.78 is 5.22. The van der Waals surface area contributed by atoms with Crippen molar-refractivity contribution >= 4 is 11.8 Å². The van der Waals surface area contributed by atoms with E-state index in [1.807, 2.05) is 37.3 Å². The van der Waals surface area contributed by atoms with Crippen molar-refractivity contribution in [2.45, 2.75) is 57.8 Å². The van der Waals surface area contributed by atoms with Crippen molar-refractivity contribution in [2.24, 2.45) is 0 Å². The molecule has 0 bridgehead atoms. The molecule has 1 aliphatic carbocycles. The molecule has 0 aliphatic heterocycles. The molecule has 2 rings (SSSR count). The van der Waals surface area contributed by atoms with Crippen LogP contribution in [0.15, 0.2) is 42.0 Å². The second-order valence-corrected chi connectivity index (χ2v) is 6.01. The number of hydrogen-bond donors (Lipinski definition) is 0. The van der Waals surface area contributed by atoms with Crippen LogP contribution in [-0.2, 0) is 14.3 Å². The molecule has 1 aromatic rings. The predicted molar refractivity (Wildman–Crippen MR) is 91.2 cm³/mol. The number of esters is 1. The Morgan fingerprint density at radius 2 is 1.96 bits per heavy atom. The number of ether oxygens (including phenoxy) is 1. The van der Waals surface area contributed by atoms with Gasteiger partial charge in [0.1, 0.15) is 0 Å². The molecule has 1 aliphatic rings. The zero-order valence-electron chi connectivity index (χ0n) is 13.9. The van der Waals surface area contributed by atoms with Crippen molar-refractivity contribution in [3.63, 3.8) is 0 Å². The smallest absolute Gasteiger partial charge is 0.313 e. The maximum atomic E-state index is 12.2. The van der Waals surface area contributed by atoms with Crippen LogP contribution < -0.4 is 0 Å². The summed E-state index contributed by atoms with van der Waals surface area (Å²) >= 11 is 0. The summed E-state index contributed by atoms with van der Waals surface area (Å²) in [4.78, 5) is 23.7. The lowest BCUT2D eigenvalue weighted by Crippen LogP contribution is -2.16. The molecule has 0 saturated heterocycles. The maximum absolute atomic E-state index is 12.2. The van der Waals surface area contributed by atoms with Gasteiger partial charge in [0.25, 0.3) is 0 Å². The number of ketones is 1. The van der Waals surface area contributed by atoms with Gasteiger partial charge in [-0.05, 0) is 43.7 Å². The number of benzene rings is 1. The van der Waals surface area contributed by atoms with E-state index in [4.69, 9.17) is 4.74 Å². The SMILES string of the molecule is CCOC(=O)[C@@H](CCCCCC1=CCCC1=O)c1ccccc1. The Balaban J connectivity index is 1.79. The molecular formula is C20H26O3. The average Bonchev–Trinajstić information content (AvgIpc) is 2.97. The van der Waals surface area contributed by atoms with Gasteiger partial charge < -0.3 is 4.74 Å². The van der Waals surface area contributed by atoms with Crippen LogP contribution in [0.4, 0.5) is 0 Å². The number of hydrogen-bond acceptors (Lipinski definition) is 3. The quantitative estimate of drug-likeness (QED) is 0.495. The van der Waals surface area contributed by atoms with Gasteiger partial charge in [0.15, 0.2) is 5.78 Å². The lowest BCUT2D eigenvalue weighted by Gasteiger charge is -2.16. The third kappa shape index (κ3) is 5.34. The van der Waals surface area contributed by atoms with Crippen molar-refractivity contribution in [3.05, 3.63) is 47.5 Å². The van der Waals surface area contributed by atoms with Gasteiger partial charge in [-0.25, -0.2) is 0 Å². The zero-order valence-corrected chi connectivity index (χ0v) is 13.9. The van der Waals surface area contributed by atoms with Crippen LogP contribution in [0.3, 0.4) is 0 Å². The second-order valence-electron chi connectivity index (χ2n) is 6.01. The van der Waals surface area contributed by atoms with Gasteiger partial charge in [0.2, 0.25) is 0 Å². The molecule has 0 unspecified atom stereocenters. The highest BCUT2D eigenvalue weighted by Gasteiger charge is 2.21. The minimum absolute atomic E-state index is 0.132. The summed E-state index contributed by atoms with van der Waals surface area (Å²) in [6.07, 6.45) is 8.38. The van der Waals surface area contributed by atoms with Crippen LogP contribution in [0.2, 0.25) is 0 Å². The van der Waals surface area contributed by atoms with E-state index in [1.165, 1.54) is 0 Å². The molecule has 0 aromatic heterocycles. The first-order valence-electron chi connectivity index (χ1n) is 8.66. The summed E-state index contributed by atoms with van der Waals surface area (Å²) in [6.45, 7) is 2.25. The van der Waals surface area contributed by atoms with Gasteiger partial charge in [0, 0.05) is 6.42 Å². The molecule has 3 nitrogen and oxygen atoms in total. The van der Waals surface area contributed by atoms with Crippen LogP contribution in [0, 0.1) is 0 Å². The number of unbranched alkanes of at least 4 members (excludes halogenated alkanes) is 2. The Morgan fingerprint density at radius 1 is 1.17 bits per heavy atom. The van der Waals surface area contributed by atoms with E-state index in [-0.39, 0.29) is 11.9 Å². The van der Waals surface area contributed by atoms with E-state index < -0.39 is 0 Å². The van der Waals surface area contributed by atoms with Crippen molar-refractivity contribution < 1.29 is 14.3 Å². The molecule has 0 fully saturated rings. The number of Topliss-reactive ketones (excluding diaryl/α,β-unsaturated/α-hetero) is 1. The van der Waals surface area contributed by atoms with E-state index in [0.29, 0.717) is 18.8 Å².